The van der Waals surface area contributed by atoms with Crippen LogP contribution in [0.2, 0.25) is 0 Å². The molecule has 94 valence electrons. The maximum Gasteiger partial charge on any atom is 0.574 e. The normalized spacial score (nSPS) is 11.4. The first-order valence-electron chi connectivity index (χ1n) is 4.32. The molecule has 8 heteroatoms. The topological polar surface area (TPSA) is 59.4 Å². The number of alkyl halides is 3. The number of halogens is 4. The molecule has 0 fully saturated rings. The third-order valence-corrected chi connectivity index (χ3v) is 2.66. The molecule has 1 rings (SSSR count). The van der Waals surface area contributed by atoms with E-state index in [1.54, 1.807) is 0 Å². The monoisotopic (exact) mass is 361 g/mol. The molecule has 0 radical (unpaired) electrons. The standard InChI is InChI=1S/C9H7F3INO3/c1-4-2-5(13)6(3-7(15)16)14-8(4)17-9(10,11)12/h2H,3H2,1H3,(H,15,16). The van der Waals surface area contributed by atoms with Crippen molar-refractivity contribution in [2.24, 2.45) is 0 Å². The van der Waals surface area contributed by atoms with Gasteiger partial charge < -0.3 is 9.84 Å². The Labute approximate surface area is 108 Å². The Kier molecular flexibility index (Phi) is 4.17. The Hall–Kier alpha value is -1.06. The van der Waals surface area contributed by atoms with Crippen LogP contribution in [0, 0.1) is 10.5 Å². The predicted octanol–water partition coefficient (Wildman–Crippen LogP) is 2.52. The smallest absolute Gasteiger partial charge is 0.481 e. The fourth-order valence-electron chi connectivity index (χ4n) is 1.08. The second-order valence-electron chi connectivity index (χ2n) is 3.16. The molecule has 0 atom stereocenters. The molecule has 0 amide bonds. The molecule has 1 N–H and O–H groups in total. The van der Waals surface area contributed by atoms with Gasteiger partial charge in [-0.2, -0.15) is 0 Å². The number of carboxylic acid groups (broad SMARTS) is 1. The molecule has 0 bridgehead atoms. The third kappa shape index (κ3) is 4.36. The highest BCUT2D eigenvalue weighted by Crippen LogP contribution is 2.26. The number of aryl methyl sites for hydroxylation is 1. The maximum atomic E-state index is 12.0. The summed E-state index contributed by atoms with van der Waals surface area (Å²) in [5.41, 5.74) is 0.240. The van der Waals surface area contributed by atoms with Crippen LogP contribution in [0.3, 0.4) is 0 Å². The summed E-state index contributed by atoms with van der Waals surface area (Å²) in [6, 6.07) is 1.40. The van der Waals surface area contributed by atoms with E-state index in [4.69, 9.17) is 5.11 Å². The van der Waals surface area contributed by atoms with E-state index < -0.39 is 24.6 Å². The van der Waals surface area contributed by atoms with E-state index in [1.807, 2.05) is 22.6 Å². The number of rotatable bonds is 3. The number of pyridine rings is 1. The van der Waals surface area contributed by atoms with E-state index in [0.717, 1.165) is 0 Å². The van der Waals surface area contributed by atoms with Gasteiger partial charge in [-0.25, -0.2) is 4.98 Å². The SMILES string of the molecule is Cc1cc(I)c(CC(=O)O)nc1OC(F)(F)F. The van der Waals surface area contributed by atoms with Gasteiger partial charge in [0.25, 0.3) is 0 Å². The number of nitrogens with zero attached hydrogens (tertiary/aromatic N) is 1. The minimum atomic E-state index is -4.84. The molecule has 1 aromatic rings. The van der Waals surface area contributed by atoms with Crippen molar-refractivity contribution < 1.29 is 27.8 Å². The van der Waals surface area contributed by atoms with Crippen molar-refractivity contribution >= 4 is 28.6 Å². The molecule has 1 heterocycles. The molecule has 0 spiro atoms. The molecule has 0 aliphatic rings. The van der Waals surface area contributed by atoms with E-state index in [1.165, 1.54) is 13.0 Å². The summed E-state index contributed by atoms with van der Waals surface area (Å²) in [4.78, 5) is 14.1. The molecule has 0 aromatic carbocycles. The van der Waals surface area contributed by atoms with Gasteiger partial charge in [-0.3, -0.25) is 4.79 Å². The van der Waals surface area contributed by atoms with Crippen LogP contribution in [-0.4, -0.2) is 22.4 Å². The minimum Gasteiger partial charge on any atom is -0.481 e. The van der Waals surface area contributed by atoms with Crippen LogP contribution < -0.4 is 4.74 Å². The fraction of sp³-hybridized carbons (Fsp3) is 0.333. The van der Waals surface area contributed by atoms with E-state index in [2.05, 4.69) is 9.72 Å². The average Bonchev–Trinajstić information content (AvgIpc) is 2.10. The number of aromatic nitrogens is 1. The van der Waals surface area contributed by atoms with Gasteiger partial charge in [0.15, 0.2) is 0 Å². The van der Waals surface area contributed by atoms with Gasteiger partial charge in [0.05, 0.1) is 12.1 Å². The lowest BCUT2D eigenvalue weighted by Gasteiger charge is -2.12. The van der Waals surface area contributed by atoms with Crippen LogP contribution >= 0.6 is 22.6 Å². The van der Waals surface area contributed by atoms with Crippen molar-refractivity contribution in [3.8, 4) is 5.88 Å². The van der Waals surface area contributed by atoms with Crippen LogP contribution in [0.15, 0.2) is 6.07 Å². The van der Waals surface area contributed by atoms with Gasteiger partial charge in [-0.1, -0.05) is 0 Å². The molecular weight excluding hydrogens is 354 g/mol. The Morgan fingerprint density at radius 3 is 2.65 bits per heavy atom. The van der Waals surface area contributed by atoms with E-state index in [-0.39, 0.29) is 11.3 Å². The van der Waals surface area contributed by atoms with Gasteiger partial charge in [0.1, 0.15) is 0 Å². The van der Waals surface area contributed by atoms with Crippen molar-refractivity contribution in [1.82, 2.24) is 4.98 Å². The van der Waals surface area contributed by atoms with Crippen molar-refractivity contribution in [2.45, 2.75) is 19.7 Å². The average molecular weight is 361 g/mol. The number of aliphatic carboxylic acids is 1. The van der Waals surface area contributed by atoms with Crippen LogP contribution in [-0.2, 0) is 11.2 Å². The molecular formula is C9H7F3INO3. The van der Waals surface area contributed by atoms with E-state index in [0.29, 0.717) is 3.57 Å². The quantitative estimate of drug-likeness (QED) is 0.841. The summed E-state index contributed by atoms with van der Waals surface area (Å²) in [6.07, 6.45) is -5.29. The molecule has 4 nitrogen and oxygen atoms in total. The van der Waals surface area contributed by atoms with E-state index in [9.17, 15) is 18.0 Å². The molecule has 17 heavy (non-hydrogen) atoms. The zero-order valence-corrected chi connectivity index (χ0v) is 10.7. The Morgan fingerprint density at radius 2 is 2.18 bits per heavy atom. The summed E-state index contributed by atoms with van der Waals surface area (Å²) in [5.74, 6) is -1.79. The predicted molar refractivity (Wildman–Crippen MR) is 59.7 cm³/mol. The highest BCUT2D eigenvalue weighted by molar-refractivity contribution is 14.1. The zero-order valence-electron chi connectivity index (χ0n) is 8.51. The number of carboxylic acids is 1. The minimum absolute atomic E-state index is 0.0444. The zero-order chi connectivity index (χ0) is 13.2. The van der Waals surface area contributed by atoms with Crippen LogP contribution in [0.25, 0.3) is 0 Å². The number of hydrogen-bond donors (Lipinski definition) is 1. The summed E-state index contributed by atoms with van der Waals surface area (Å²) in [6.45, 7) is 1.40. The van der Waals surface area contributed by atoms with Gasteiger partial charge in [0, 0.05) is 9.13 Å². The highest BCUT2D eigenvalue weighted by atomic mass is 127. The molecule has 0 unspecified atom stereocenters. The summed E-state index contributed by atoms with van der Waals surface area (Å²) in [7, 11) is 0. The van der Waals surface area contributed by atoms with Gasteiger partial charge >= 0.3 is 12.3 Å². The van der Waals surface area contributed by atoms with Crippen LogP contribution in [0.5, 0.6) is 5.88 Å². The van der Waals surface area contributed by atoms with Crippen molar-refractivity contribution in [2.75, 3.05) is 0 Å². The molecule has 0 aliphatic carbocycles. The van der Waals surface area contributed by atoms with Crippen molar-refractivity contribution in [3.05, 3.63) is 20.9 Å². The maximum absolute atomic E-state index is 12.0. The largest absolute Gasteiger partial charge is 0.574 e. The number of hydrogen-bond acceptors (Lipinski definition) is 3. The fourth-order valence-corrected chi connectivity index (χ4v) is 1.86. The first-order chi connectivity index (χ1) is 7.69. The van der Waals surface area contributed by atoms with Gasteiger partial charge in [-0.15, -0.1) is 13.2 Å². The Morgan fingerprint density at radius 1 is 1.59 bits per heavy atom. The summed E-state index contributed by atoms with van der Waals surface area (Å²) >= 11 is 1.81. The van der Waals surface area contributed by atoms with Crippen molar-refractivity contribution in [3.63, 3.8) is 0 Å². The first-order valence-corrected chi connectivity index (χ1v) is 5.40. The number of ether oxygens (including phenoxy) is 1. The second kappa shape index (κ2) is 5.07. The van der Waals surface area contributed by atoms with Gasteiger partial charge in [0.2, 0.25) is 5.88 Å². The van der Waals surface area contributed by atoms with Crippen LogP contribution in [0.4, 0.5) is 13.2 Å². The van der Waals surface area contributed by atoms with E-state index >= 15 is 0 Å². The Bertz CT molecular complexity index is 448. The van der Waals surface area contributed by atoms with Crippen molar-refractivity contribution in [1.29, 1.82) is 0 Å². The third-order valence-electron chi connectivity index (χ3n) is 1.72. The lowest BCUT2D eigenvalue weighted by Crippen LogP contribution is -2.19. The highest BCUT2D eigenvalue weighted by Gasteiger charge is 2.32. The first kappa shape index (κ1) is 14.0. The lowest BCUT2D eigenvalue weighted by atomic mass is 10.2. The molecule has 0 saturated carbocycles. The summed E-state index contributed by atoms with van der Waals surface area (Å²) < 4.78 is 40.3. The molecule has 0 saturated heterocycles. The molecule has 1 aromatic heterocycles. The second-order valence-corrected chi connectivity index (χ2v) is 4.32. The van der Waals surface area contributed by atoms with Crippen LogP contribution in [0.1, 0.15) is 11.3 Å². The number of carbonyl (C=O) groups is 1. The van der Waals surface area contributed by atoms with Gasteiger partial charge in [-0.05, 0) is 35.6 Å². The molecule has 0 aliphatic heterocycles. The lowest BCUT2D eigenvalue weighted by molar-refractivity contribution is -0.276. The Balaban J connectivity index is 3.10. The summed E-state index contributed by atoms with van der Waals surface area (Å²) in [5, 5.41) is 8.58.